The molecule has 2 N–H and O–H groups in total. The van der Waals surface area contributed by atoms with Crippen molar-refractivity contribution in [3.63, 3.8) is 0 Å². The summed E-state index contributed by atoms with van der Waals surface area (Å²) in [5.41, 5.74) is 6.27. The Kier molecular flexibility index (Phi) is 5.98. The van der Waals surface area contributed by atoms with Gasteiger partial charge in [0.2, 0.25) is 11.8 Å². The Hall–Kier alpha value is -2.08. The highest BCUT2D eigenvalue weighted by Crippen LogP contribution is 2.29. The lowest BCUT2D eigenvalue weighted by Gasteiger charge is -2.35. The van der Waals surface area contributed by atoms with Crippen LogP contribution < -0.4 is 10.5 Å². The van der Waals surface area contributed by atoms with Gasteiger partial charge >= 0.3 is 0 Å². The molecule has 1 aromatic rings. The van der Waals surface area contributed by atoms with Crippen LogP contribution in [0.1, 0.15) is 31.2 Å². The predicted molar refractivity (Wildman–Crippen MR) is 86.2 cm³/mol. The molecule has 0 spiro atoms. The van der Waals surface area contributed by atoms with E-state index in [9.17, 15) is 9.59 Å². The van der Waals surface area contributed by atoms with E-state index in [1.807, 2.05) is 31.2 Å². The summed E-state index contributed by atoms with van der Waals surface area (Å²) in [5.74, 6) is 0.396. The molecule has 0 saturated carbocycles. The summed E-state index contributed by atoms with van der Waals surface area (Å²) in [5, 5.41) is 0. The van der Waals surface area contributed by atoms with Gasteiger partial charge < -0.3 is 20.1 Å². The molecule has 1 aliphatic rings. The monoisotopic (exact) mass is 320 g/mol. The number of amides is 2. The summed E-state index contributed by atoms with van der Waals surface area (Å²) in [6.07, 6.45) is 0.490. The van der Waals surface area contributed by atoms with Gasteiger partial charge in [-0.2, -0.15) is 0 Å². The minimum Gasteiger partial charge on any atom is -0.496 e. The normalized spacial score (nSPS) is 19.2. The Balaban J connectivity index is 2.05. The first-order valence-electron chi connectivity index (χ1n) is 7.81. The molecule has 6 nitrogen and oxygen atoms in total. The van der Waals surface area contributed by atoms with Gasteiger partial charge in [-0.15, -0.1) is 0 Å². The molecule has 1 fully saturated rings. The number of benzene rings is 1. The van der Waals surface area contributed by atoms with E-state index in [0.717, 1.165) is 11.3 Å². The average Bonchev–Trinajstić information content (AvgIpc) is 2.54. The molecule has 0 bridgehead atoms. The third kappa shape index (κ3) is 4.45. The number of rotatable bonds is 6. The Morgan fingerprint density at radius 1 is 1.43 bits per heavy atom. The van der Waals surface area contributed by atoms with Crippen LogP contribution in [0.25, 0.3) is 0 Å². The zero-order chi connectivity index (χ0) is 16.8. The zero-order valence-electron chi connectivity index (χ0n) is 13.7. The third-order valence-corrected chi connectivity index (χ3v) is 4.14. The molecular formula is C17H24N2O4. The van der Waals surface area contributed by atoms with E-state index in [4.69, 9.17) is 15.2 Å². The Bertz CT molecular complexity index is 561. The van der Waals surface area contributed by atoms with Gasteiger partial charge in [-0.3, -0.25) is 9.59 Å². The summed E-state index contributed by atoms with van der Waals surface area (Å²) in [6.45, 7) is 3.34. The van der Waals surface area contributed by atoms with Crippen molar-refractivity contribution in [1.29, 1.82) is 0 Å². The van der Waals surface area contributed by atoms with E-state index in [0.29, 0.717) is 26.2 Å². The van der Waals surface area contributed by atoms with Crippen molar-refractivity contribution in [3.05, 3.63) is 29.8 Å². The summed E-state index contributed by atoms with van der Waals surface area (Å²) in [6, 6.07) is 7.43. The van der Waals surface area contributed by atoms with Crippen molar-refractivity contribution in [1.82, 2.24) is 4.90 Å². The fourth-order valence-corrected chi connectivity index (χ4v) is 2.95. The van der Waals surface area contributed by atoms with Crippen LogP contribution in [0.2, 0.25) is 0 Å². The van der Waals surface area contributed by atoms with Gasteiger partial charge in [0.25, 0.3) is 0 Å². The van der Waals surface area contributed by atoms with E-state index in [2.05, 4.69) is 0 Å². The van der Waals surface area contributed by atoms with Crippen LogP contribution in [-0.2, 0) is 14.3 Å². The number of primary amides is 1. The minimum atomic E-state index is -0.420. The van der Waals surface area contributed by atoms with Crippen LogP contribution in [0.15, 0.2) is 24.3 Å². The number of carbonyl (C=O) groups is 2. The first-order chi connectivity index (χ1) is 11.0. The quantitative estimate of drug-likeness (QED) is 0.856. The van der Waals surface area contributed by atoms with Crippen molar-refractivity contribution in [2.24, 2.45) is 5.73 Å². The van der Waals surface area contributed by atoms with E-state index in [1.165, 1.54) is 0 Å². The molecule has 2 rings (SSSR count). The van der Waals surface area contributed by atoms with E-state index < -0.39 is 5.91 Å². The lowest BCUT2D eigenvalue weighted by atomic mass is 9.95. The Morgan fingerprint density at radius 2 is 2.17 bits per heavy atom. The number of carbonyl (C=O) groups excluding carboxylic acids is 2. The average molecular weight is 320 g/mol. The topological polar surface area (TPSA) is 81.9 Å². The van der Waals surface area contributed by atoms with Gasteiger partial charge in [-0.25, -0.2) is 0 Å². The molecule has 126 valence electrons. The van der Waals surface area contributed by atoms with Gasteiger partial charge in [0.15, 0.2) is 0 Å². The molecule has 6 heteroatoms. The van der Waals surface area contributed by atoms with Crippen LogP contribution in [0.5, 0.6) is 5.75 Å². The van der Waals surface area contributed by atoms with Gasteiger partial charge in [0.05, 0.1) is 26.4 Å². The van der Waals surface area contributed by atoms with Gasteiger partial charge in [0.1, 0.15) is 5.75 Å². The molecule has 1 aromatic carbocycles. The maximum absolute atomic E-state index is 12.7. The maximum Gasteiger partial charge on any atom is 0.223 e. The fourth-order valence-electron chi connectivity index (χ4n) is 2.95. The van der Waals surface area contributed by atoms with Crippen LogP contribution in [0.3, 0.4) is 0 Å². The number of morpholine rings is 1. The predicted octanol–water partition coefficient (Wildman–Crippen LogP) is 1.29. The smallest absolute Gasteiger partial charge is 0.223 e. The Labute approximate surface area is 136 Å². The second kappa shape index (κ2) is 7.97. The second-order valence-corrected chi connectivity index (χ2v) is 5.83. The molecule has 1 aliphatic heterocycles. The van der Waals surface area contributed by atoms with E-state index in [-0.39, 0.29) is 24.3 Å². The molecule has 23 heavy (non-hydrogen) atoms. The van der Waals surface area contributed by atoms with Crippen molar-refractivity contribution < 1.29 is 19.1 Å². The summed E-state index contributed by atoms with van der Waals surface area (Å²) < 4.78 is 10.7. The number of para-hydroxylation sites is 1. The van der Waals surface area contributed by atoms with Gasteiger partial charge in [-0.05, 0) is 17.5 Å². The number of nitrogens with two attached hydrogens (primary N) is 1. The van der Waals surface area contributed by atoms with Crippen LogP contribution in [0.4, 0.5) is 0 Å². The molecule has 1 heterocycles. The second-order valence-electron chi connectivity index (χ2n) is 5.83. The molecule has 2 amide bonds. The number of ether oxygens (including phenoxy) is 2. The van der Waals surface area contributed by atoms with E-state index >= 15 is 0 Å². The standard InChI is InChI=1S/C17H24N2O4/c1-12(14-5-3-4-6-15(14)22-2)9-17(21)19-7-8-23-11-13(19)10-16(18)20/h3-6,12-13H,7-11H2,1-2H3,(H2,18,20)/t12-,13+/m1/s1. The Morgan fingerprint density at radius 3 is 2.87 bits per heavy atom. The first kappa shape index (κ1) is 17.3. The van der Waals surface area contributed by atoms with Crippen molar-refractivity contribution in [2.45, 2.75) is 31.7 Å². The zero-order valence-corrected chi connectivity index (χ0v) is 13.7. The van der Waals surface area contributed by atoms with Crippen LogP contribution in [-0.4, -0.2) is 49.6 Å². The number of hydrogen-bond acceptors (Lipinski definition) is 4. The SMILES string of the molecule is COc1ccccc1[C@H](C)CC(=O)N1CCOC[C@@H]1CC(N)=O. The number of hydrogen-bond donors (Lipinski definition) is 1. The molecule has 1 saturated heterocycles. The lowest BCUT2D eigenvalue weighted by molar-refractivity contribution is -0.141. The molecule has 2 atom stereocenters. The third-order valence-electron chi connectivity index (χ3n) is 4.14. The van der Waals surface area contributed by atoms with Gasteiger partial charge in [-0.1, -0.05) is 25.1 Å². The largest absolute Gasteiger partial charge is 0.496 e. The molecule has 0 aliphatic carbocycles. The van der Waals surface area contributed by atoms with Crippen LogP contribution >= 0.6 is 0 Å². The fraction of sp³-hybridized carbons (Fsp3) is 0.529. The number of methoxy groups -OCH3 is 1. The maximum atomic E-state index is 12.7. The molecule has 0 radical (unpaired) electrons. The molecular weight excluding hydrogens is 296 g/mol. The van der Waals surface area contributed by atoms with Crippen LogP contribution in [0, 0.1) is 0 Å². The highest BCUT2D eigenvalue weighted by atomic mass is 16.5. The molecule has 0 unspecified atom stereocenters. The summed E-state index contributed by atoms with van der Waals surface area (Å²) >= 11 is 0. The van der Waals surface area contributed by atoms with Crippen molar-refractivity contribution in [2.75, 3.05) is 26.9 Å². The first-order valence-corrected chi connectivity index (χ1v) is 7.81. The molecule has 0 aromatic heterocycles. The van der Waals surface area contributed by atoms with Crippen molar-refractivity contribution >= 4 is 11.8 Å². The number of nitrogens with zero attached hydrogens (tertiary/aromatic N) is 1. The lowest BCUT2D eigenvalue weighted by Crippen LogP contribution is -2.50. The van der Waals surface area contributed by atoms with Crippen molar-refractivity contribution in [3.8, 4) is 5.75 Å². The highest BCUT2D eigenvalue weighted by Gasteiger charge is 2.29. The minimum absolute atomic E-state index is 0.0120. The highest BCUT2D eigenvalue weighted by molar-refractivity contribution is 5.80. The van der Waals surface area contributed by atoms with E-state index in [1.54, 1.807) is 12.0 Å². The summed E-state index contributed by atoms with van der Waals surface area (Å²) in [4.78, 5) is 25.5. The summed E-state index contributed by atoms with van der Waals surface area (Å²) in [7, 11) is 1.62. The van der Waals surface area contributed by atoms with Gasteiger partial charge in [0, 0.05) is 19.4 Å².